The summed E-state index contributed by atoms with van der Waals surface area (Å²) in [7, 11) is 0. The molecule has 1 amide bonds. The molecule has 7 heteroatoms. The molecule has 2 aromatic rings. The molecule has 0 unspecified atom stereocenters. The molecule has 1 aromatic carbocycles. The third kappa shape index (κ3) is 4.42. The van der Waals surface area contributed by atoms with Crippen LogP contribution in [0, 0.1) is 12.8 Å². The van der Waals surface area contributed by atoms with Crippen molar-refractivity contribution in [3.8, 4) is 11.5 Å². The molecule has 0 aliphatic carbocycles. The predicted octanol–water partition coefficient (Wildman–Crippen LogP) is 2.56. The maximum Gasteiger partial charge on any atom is 0.244 e. The van der Waals surface area contributed by atoms with Crippen LogP contribution in [0.2, 0.25) is 0 Å². The van der Waals surface area contributed by atoms with Gasteiger partial charge in [0.25, 0.3) is 0 Å². The zero-order valence-electron chi connectivity index (χ0n) is 15.9. The number of rotatable bonds is 5. The maximum absolute atomic E-state index is 12.1. The Kier molecular flexibility index (Phi) is 5.41. The van der Waals surface area contributed by atoms with E-state index < -0.39 is 0 Å². The van der Waals surface area contributed by atoms with E-state index in [1.165, 1.54) is 0 Å². The van der Waals surface area contributed by atoms with E-state index in [9.17, 15) is 4.79 Å². The lowest BCUT2D eigenvalue weighted by Crippen LogP contribution is -2.38. The first-order valence-corrected chi connectivity index (χ1v) is 9.58. The third-order valence-corrected chi connectivity index (χ3v) is 5.11. The summed E-state index contributed by atoms with van der Waals surface area (Å²) in [5.41, 5.74) is 1.84. The Hall–Kier alpha value is -3.09. The molecule has 0 atom stereocenters. The van der Waals surface area contributed by atoms with Gasteiger partial charge in [0.05, 0.1) is 5.69 Å². The molecule has 2 aliphatic heterocycles. The van der Waals surface area contributed by atoms with Gasteiger partial charge in [0, 0.05) is 25.7 Å². The normalized spacial score (nSPS) is 16.5. The van der Waals surface area contributed by atoms with E-state index in [1.54, 1.807) is 12.2 Å². The van der Waals surface area contributed by atoms with Crippen molar-refractivity contribution in [2.75, 3.05) is 31.3 Å². The van der Waals surface area contributed by atoms with Crippen LogP contribution in [0.25, 0.3) is 6.08 Å². The second-order valence-corrected chi connectivity index (χ2v) is 7.15. The van der Waals surface area contributed by atoms with Gasteiger partial charge in [-0.3, -0.25) is 4.79 Å². The lowest BCUT2D eigenvalue weighted by atomic mass is 9.97. The number of ether oxygens (including phenoxy) is 2. The van der Waals surface area contributed by atoms with Crippen molar-refractivity contribution in [3.63, 3.8) is 0 Å². The van der Waals surface area contributed by atoms with Gasteiger partial charge >= 0.3 is 0 Å². The van der Waals surface area contributed by atoms with Crippen molar-refractivity contribution < 1.29 is 14.3 Å². The second kappa shape index (κ2) is 8.29. The summed E-state index contributed by atoms with van der Waals surface area (Å²) in [6, 6.07) is 9.63. The van der Waals surface area contributed by atoms with Crippen molar-refractivity contribution in [1.82, 2.24) is 15.5 Å². The van der Waals surface area contributed by atoms with Gasteiger partial charge < -0.3 is 19.7 Å². The van der Waals surface area contributed by atoms with E-state index in [0.717, 1.165) is 48.8 Å². The number of amides is 1. The molecular weight excluding hydrogens is 356 g/mol. The van der Waals surface area contributed by atoms with Crippen LogP contribution in [0.1, 0.15) is 24.1 Å². The Balaban J connectivity index is 1.22. The average Bonchev–Trinajstić information content (AvgIpc) is 3.19. The minimum atomic E-state index is -0.0792. The largest absolute Gasteiger partial charge is 0.454 e. The van der Waals surface area contributed by atoms with Crippen molar-refractivity contribution in [2.24, 2.45) is 5.92 Å². The number of nitrogens with one attached hydrogen (secondary N) is 1. The number of carbonyl (C=O) groups is 1. The first-order valence-electron chi connectivity index (χ1n) is 9.58. The number of aryl methyl sites for hydroxylation is 1. The van der Waals surface area contributed by atoms with Gasteiger partial charge in [-0.2, -0.15) is 5.10 Å². The summed E-state index contributed by atoms with van der Waals surface area (Å²) in [6.07, 6.45) is 5.41. The lowest BCUT2D eigenvalue weighted by molar-refractivity contribution is -0.116. The topological polar surface area (TPSA) is 76.6 Å². The molecule has 0 bridgehead atoms. The van der Waals surface area contributed by atoms with Crippen LogP contribution in [0.3, 0.4) is 0 Å². The third-order valence-electron chi connectivity index (χ3n) is 5.11. The highest BCUT2D eigenvalue weighted by molar-refractivity contribution is 5.91. The first-order chi connectivity index (χ1) is 13.7. The molecule has 0 saturated carbocycles. The summed E-state index contributed by atoms with van der Waals surface area (Å²) in [5, 5.41) is 11.4. The lowest BCUT2D eigenvalue weighted by Gasteiger charge is -2.32. The highest BCUT2D eigenvalue weighted by Crippen LogP contribution is 2.32. The number of carbonyl (C=O) groups excluding carboxylic acids is 1. The Morgan fingerprint density at radius 3 is 2.79 bits per heavy atom. The van der Waals surface area contributed by atoms with Gasteiger partial charge in [-0.25, -0.2) is 0 Å². The minimum Gasteiger partial charge on any atom is -0.454 e. The van der Waals surface area contributed by atoms with Gasteiger partial charge in [-0.15, -0.1) is 5.10 Å². The molecule has 1 fully saturated rings. The summed E-state index contributed by atoms with van der Waals surface area (Å²) in [5.74, 6) is 2.79. The SMILES string of the molecule is Cc1ccc(N2CCC(CNC(=O)C=Cc3ccc4c(c3)OCO4)CC2)nn1. The van der Waals surface area contributed by atoms with Crippen molar-refractivity contribution in [3.05, 3.63) is 47.7 Å². The molecular formula is C21H24N4O3. The fourth-order valence-corrected chi connectivity index (χ4v) is 3.42. The Labute approximate surface area is 164 Å². The van der Waals surface area contributed by atoms with Crippen LogP contribution in [-0.4, -0.2) is 42.5 Å². The van der Waals surface area contributed by atoms with Gasteiger partial charge in [0.15, 0.2) is 17.3 Å². The summed E-state index contributed by atoms with van der Waals surface area (Å²) >= 11 is 0. The number of benzene rings is 1. The predicted molar refractivity (Wildman–Crippen MR) is 106 cm³/mol. The van der Waals surface area contributed by atoms with Crippen molar-refractivity contribution in [2.45, 2.75) is 19.8 Å². The molecule has 0 radical (unpaired) electrons. The summed E-state index contributed by atoms with van der Waals surface area (Å²) in [4.78, 5) is 14.4. The highest BCUT2D eigenvalue weighted by atomic mass is 16.7. The van der Waals surface area contributed by atoms with Crippen LogP contribution in [-0.2, 0) is 4.79 Å². The molecule has 0 spiro atoms. The van der Waals surface area contributed by atoms with E-state index >= 15 is 0 Å². The molecule has 2 aliphatic rings. The minimum absolute atomic E-state index is 0.0792. The van der Waals surface area contributed by atoms with E-state index in [2.05, 4.69) is 20.4 Å². The van der Waals surface area contributed by atoms with Crippen LogP contribution in [0.5, 0.6) is 11.5 Å². The van der Waals surface area contributed by atoms with Crippen LogP contribution >= 0.6 is 0 Å². The van der Waals surface area contributed by atoms with Crippen LogP contribution < -0.4 is 19.7 Å². The number of hydrogen-bond acceptors (Lipinski definition) is 6. The van der Waals surface area contributed by atoms with Gasteiger partial charge in [0.1, 0.15) is 0 Å². The number of nitrogens with zero attached hydrogens (tertiary/aromatic N) is 3. The Morgan fingerprint density at radius 1 is 1.18 bits per heavy atom. The molecule has 7 nitrogen and oxygen atoms in total. The van der Waals surface area contributed by atoms with Gasteiger partial charge in [-0.05, 0) is 61.6 Å². The molecule has 1 aromatic heterocycles. The zero-order chi connectivity index (χ0) is 19.3. The second-order valence-electron chi connectivity index (χ2n) is 7.15. The number of anilines is 1. The zero-order valence-corrected chi connectivity index (χ0v) is 15.9. The van der Waals surface area contributed by atoms with E-state index in [4.69, 9.17) is 9.47 Å². The van der Waals surface area contributed by atoms with E-state index in [1.807, 2.05) is 37.3 Å². The first kappa shape index (κ1) is 18.3. The monoisotopic (exact) mass is 380 g/mol. The Morgan fingerprint density at radius 2 is 2.00 bits per heavy atom. The quantitative estimate of drug-likeness (QED) is 0.804. The highest BCUT2D eigenvalue weighted by Gasteiger charge is 2.20. The number of hydrogen-bond donors (Lipinski definition) is 1. The fourth-order valence-electron chi connectivity index (χ4n) is 3.42. The molecule has 1 saturated heterocycles. The Bertz CT molecular complexity index is 858. The van der Waals surface area contributed by atoms with E-state index in [0.29, 0.717) is 18.2 Å². The molecule has 28 heavy (non-hydrogen) atoms. The van der Waals surface area contributed by atoms with Crippen molar-refractivity contribution >= 4 is 17.8 Å². The fraction of sp³-hybridized carbons (Fsp3) is 0.381. The van der Waals surface area contributed by atoms with Gasteiger partial charge in [0.2, 0.25) is 12.7 Å². The molecule has 146 valence electrons. The standard InChI is InChI=1S/C21H24N4O3/c1-15-2-6-20(24-23-15)25-10-8-17(9-11-25)13-22-21(26)7-4-16-3-5-18-19(12-16)28-14-27-18/h2-7,12,17H,8-11,13-14H2,1H3,(H,22,26). The molecule has 4 rings (SSSR count). The molecule has 1 N–H and O–H groups in total. The van der Waals surface area contributed by atoms with Crippen LogP contribution in [0.15, 0.2) is 36.4 Å². The number of piperidine rings is 1. The van der Waals surface area contributed by atoms with E-state index in [-0.39, 0.29) is 12.7 Å². The van der Waals surface area contributed by atoms with Gasteiger partial charge in [-0.1, -0.05) is 6.07 Å². The maximum atomic E-state index is 12.1. The smallest absolute Gasteiger partial charge is 0.244 e. The average molecular weight is 380 g/mol. The number of fused-ring (bicyclic) bond motifs is 1. The molecule has 3 heterocycles. The summed E-state index contributed by atoms with van der Waals surface area (Å²) in [6.45, 7) is 4.75. The van der Waals surface area contributed by atoms with Crippen LogP contribution in [0.4, 0.5) is 5.82 Å². The van der Waals surface area contributed by atoms with Crippen molar-refractivity contribution in [1.29, 1.82) is 0 Å². The summed E-state index contributed by atoms with van der Waals surface area (Å²) < 4.78 is 10.6. The number of aromatic nitrogens is 2.